The zero-order valence-electron chi connectivity index (χ0n) is 14.2. The lowest BCUT2D eigenvalue weighted by Gasteiger charge is -2.09. The molecule has 8 heteroatoms. The molecule has 2 aromatic heterocycles. The fourth-order valence-corrected chi connectivity index (χ4v) is 2.76. The smallest absolute Gasteiger partial charge is 0.323 e. The van der Waals surface area contributed by atoms with Crippen LogP contribution in [0.3, 0.4) is 0 Å². The van der Waals surface area contributed by atoms with Crippen LogP contribution in [0.4, 0.5) is 10.7 Å². The highest BCUT2D eigenvalue weighted by Crippen LogP contribution is 2.27. The Bertz CT molecular complexity index is 1190. The van der Waals surface area contributed by atoms with E-state index in [1.165, 1.54) is 4.90 Å². The van der Waals surface area contributed by atoms with E-state index in [-0.39, 0.29) is 11.6 Å². The number of H-pyrrole nitrogens is 2. The summed E-state index contributed by atoms with van der Waals surface area (Å²) in [5.74, 6) is 0.370. The molecule has 3 N–H and O–H groups in total. The maximum absolute atomic E-state index is 12.0. The van der Waals surface area contributed by atoms with Gasteiger partial charge in [0.1, 0.15) is 0 Å². The molecule has 0 fully saturated rings. The first-order valence-corrected chi connectivity index (χ1v) is 7.99. The number of urea groups is 1. The van der Waals surface area contributed by atoms with Gasteiger partial charge in [0.05, 0.1) is 22.1 Å². The predicted molar refractivity (Wildman–Crippen MR) is 100 cm³/mol. The van der Waals surface area contributed by atoms with Crippen molar-refractivity contribution in [2.75, 3.05) is 19.4 Å². The molecule has 2 amide bonds. The largest absolute Gasteiger partial charge is 0.331 e. The van der Waals surface area contributed by atoms with E-state index in [1.807, 2.05) is 36.4 Å². The second kappa shape index (κ2) is 5.99. The zero-order chi connectivity index (χ0) is 18.3. The number of carbonyl (C=O) groups excluding carboxylic acids is 1. The second-order valence-corrected chi connectivity index (χ2v) is 6.09. The van der Waals surface area contributed by atoms with Crippen LogP contribution in [0.25, 0.3) is 33.1 Å². The maximum atomic E-state index is 12.0. The Morgan fingerprint density at radius 1 is 1.12 bits per heavy atom. The van der Waals surface area contributed by atoms with Crippen molar-refractivity contribution in [2.24, 2.45) is 0 Å². The second-order valence-electron chi connectivity index (χ2n) is 6.09. The van der Waals surface area contributed by atoms with E-state index in [1.54, 1.807) is 20.2 Å². The average molecular weight is 348 g/mol. The van der Waals surface area contributed by atoms with Crippen molar-refractivity contribution in [1.29, 1.82) is 0 Å². The van der Waals surface area contributed by atoms with Crippen molar-refractivity contribution in [3.8, 4) is 11.3 Å². The molecule has 4 aromatic rings. The Labute approximate surface area is 147 Å². The third-order valence-corrected chi connectivity index (χ3v) is 4.08. The van der Waals surface area contributed by atoms with E-state index in [9.17, 15) is 9.59 Å². The maximum Gasteiger partial charge on any atom is 0.323 e. The summed E-state index contributed by atoms with van der Waals surface area (Å²) in [5.41, 5.74) is 2.76. The predicted octanol–water partition coefficient (Wildman–Crippen LogP) is 2.56. The summed E-state index contributed by atoms with van der Waals surface area (Å²) in [7, 11) is 3.31. The number of benzene rings is 2. The van der Waals surface area contributed by atoms with Gasteiger partial charge >= 0.3 is 6.03 Å². The van der Waals surface area contributed by atoms with Crippen LogP contribution in [0, 0.1) is 0 Å². The molecule has 0 bridgehead atoms. The quantitative estimate of drug-likeness (QED) is 0.517. The number of hydrogen-bond donors (Lipinski definition) is 3. The van der Waals surface area contributed by atoms with Gasteiger partial charge in [-0.2, -0.15) is 5.10 Å². The first-order chi connectivity index (χ1) is 12.5. The van der Waals surface area contributed by atoms with Crippen LogP contribution >= 0.6 is 0 Å². The number of amides is 2. The third-order valence-electron chi connectivity index (χ3n) is 4.08. The Balaban J connectivity index is 1.80. The van der Waals surface area contributed by atoms with E-state index >= 15 is 0 Å². The lowest BCUT2D eigenvalue weighted by Crippen LogP contribution is -2.27. The average Bonchev–Trinajstić information content (AvgIpc) is 3.03. The molecular weight excluding hydrogens is 332 g/mol. The van der Waals surface area contributed by atoms with E-state index in [0.717, 1.165) is 22.0 Å². The van der Waals surface area contributed by atoms with Gasteiger partial charge in [-0.1, -0.05) is 24.3 Å². The van der Waals surface area contributed by atoms with Crippen molar-refractivity contribution in [3.05, 3.63) is 52.8 Å². The highest BCUT2D eigenvalue weighted by atomic mass is 16.2. The summed E-state index contributed by atoms with van der Waals surface area (Å²) in [6.45, 7) is 0. The minimum atomic E-state index is -0.266. The van der Waals surface area contributed by atoms with Crippen LogP contribution in [0.1, 0.15) is 0 Å². The van der Waals surface area contributed by atoms with E-state index in [2.05, 4.69) is 25.5 Å². The van der Waals surface area contributed by atoms with Crippen LogP contribution in [-0.4, -0.2) is 45.2 Å². The van der Waals surface area contributed by atoms with Crippen LogP contribution in [0.15, 0.2) is 47.3 Å². The molecule has 2 heterocycles. The zero-order valence-corrected chi connectivity index (χ0v) is 14.2. The molecule has 0 atom stereocenters. The van der Waals surface area contributed by atoms with Gasteiger partial charge in [0.2, 0.25) is 5.95 Å². The van der Waals surface area contributed by atoms with Crippen molar-refractivity contribution < 1.29 is 4.79 Å². The molecule has 0 radical (unpaired) electrons. The molecule has 130 valence electrons. The Hall–Kier alpha value is -3.68. The third kappa shape index (κ3) is 2.67. The first-order valence-electron chi connectivity index (χ1n) is 7.99. The highest BCUT2D eigenvalue weighted by molar-refractivity contribution is 5.96. The van der Waals surface area contributed by atoms with Crippen molar-refractivity contribution in [2.45, 2.75) is 0 Å². The lowest BCUT2D eigenvalue weighted by molar-refractivity contribution is 0.230. The topological polar surface area (TPSA) is 107 Å². The minimum absolute atomic E-state index is 0.222. The number of nitrogens with zero attached hydrogens (tertiary/aromatic N) is 3. The fraction of sp³-hybridized carbons (Fsp3) is 0.111. The first kappa shape index (κ1) is 15.8. The monoisotopic (exact) mass is 348 g/mol. The normalized spacial score (nSPS) is 11.0. The van der Waals surface area contributed by atoms with Gasteiger partial charge in [-0.05, 0) is 18.2 Å². The number of imidazole rings is 1. The minimum Gasteiger partial charge on any atom is -0.331 e. The Kier molecular flexibility index (Phi) is 3.65. The van der Waals surface area contributed by atoms with E-state index < -0.39 is 0 Å². The summed E-state index contributed by atoms with van der Waals surface area (Å²) in [4.78, 5) is 32.6. The molecule has 0 unspecified atom stereocenters. The number of anilines is 1. The molecule has 0 saturated carbocycles. The molecule has 0 saturated heterocycles. The lowest BCUT2D eigenvalue weighted by atomic mass is 10.0. The number of carbonyl (C=O) groups is 1. The van der Waals surface area contributed by atoms with Crippen molar-refractivity contribution in [3.63, 3.8) is 0 Å². The van der Waals surface area contributed by atoms with Gasteiger partial charge in [0.25, 0.3) is 5.56 Å². The summed E-state index contributed by atoms with van der Waals surface area (Å²) < 4.78 is 0. The number of hydrogen-bond acceptors (Lipinski definition) is 4. The Morgan fingerprint density at radius 3 is 2.65 bits per heavy atom. The summed E-state index contributed by atoms with van der Waals surface area (Å²) in [5, 5.41) is 10.8. The molecule has 2 aromatic carbocycles. The van der Waals surface area contributed by atoms with Gasteiger partial charge < -0.3 is 9.88 Å². The molecule has 26 heavy (non-hydrogen) atoms. The van der Waals surface area contributed by atoms with E-state index in [4.69, 9.17) is 0 Å². The molecule has 0 aliphatic carbocycles. The van der Waals surface area contributed by atoms with Gasteiger partial charge in [0.15, 0.2) is 0 Å². The molecule has 0 aliphatic heterocycles. The van der Waals surface area contributed by atoms with Crippen LogP contribution in [0.5, 0.6) is 0 Å². The summed E-state index contributed by atoms with van der Waals surface area (Å²) in [6.07, 6.45) is 0. The molecule has 0 aliphatic rings. The number of nitrogens with one attached hydrogen (secondary N) is 3. The highest BCUT2D eigenvalue weighted by Gasteiger charge is 2.12. The van der Waals surface area contributed by atoms with Crippen LogP contribution in [-0.2, 0) is 0 Å². The fourth-order valence-electron chi connectivity index (χ4n) is 2.76. The SMILES string of the molecule is CN(C)C(=O)Nc1nc2ccc(-c3n[nH]c(=O)c4ccccc34)cc2[nH]1. The summed E-state index contributed by atoms with van der Waals surface area (Å²) >= 11 is 0. The summed E-state index contributed by atoms with van der Waals surface area (Å²) in [6, 6.07) is 12.7. The van der Waals surface area contributed by atoms with Gasteiger partial charge in [-0.15, -0.1) is 0 Å². The standard InChI is InChI=1S/C18H16N6O2/c1-24(2)18(26)21-17-19-13-8-7-10(9-14(13)20-17)15-11-5-3-4-6-12(11)16(25)23-22-15/h3-9H,1-2H3,(H,23,25)(H2,19,20,21,26). The molecular formula is C18H16N6O2. The number of aromatic nitrogens is 4. The van der Waals surface area contributed by atoms with Gasteiger partial charge in [-0.3, -0.25) is 10.1 Å². The van der Waals surface area contributed by atoms with Crippen LogP contribution < -0.4 is 10.9 Å². The molecule has 0 spiro atoms. The number of fused-ring (bicyclic) bond motifs is 2. The van der Waals surface area contributed by atoms with Crippen molar-refractivity contribution >= 4 is 33.8 Å². The number of rotatable bonds is 2. The van der Waals surface area contributed by atoms with Gasteiger partial charge in [-0.25, -0.2) is 14.9 Å². The van der Waals surface area contributed by atoms with E-state index in [0.29, 0.717) is 17.0 Å². The Morgan fingerprint density at radius 2 is 1.88 bits per heavy atom. The number of aromatic amines is 2. The van der Waals surface area contributed by atoms with Gasteiger partial charge in [0, 0.05) is 25.0 Å². The molecule has 4 rings (SSSR count). The molecule has 8 nitrogen and oxygen atoms in total. The van der Waals surface area contributed by atoms with Crippen LogP contribution in [0.2, 0.25) is 0 Å². The van der Waals surface area contributed by atoms with Crippen molar-refractivity contribution in [1.82, 2.24) is 25.1 Å².